The molecular weight excluding hydrogens is 250 g/mol. The van der Waals surface area contributed by atoms with E-state index in [1.54, 1.807) is 7.11 Å². The Morgan fingerprint density at radius 2 is 2.05 bits per heavy atom. The Balaban J connectivity index is 2.53. The molecule has 0 atom stereocenters. The lowest BCUT2D eigenvalue weighted by atomic mass is 9.86. The van der Waals surface area contributed by atoms with Gasteiger partial charge in [0.25, 0.3) is 0 Å². The lowest BCUT2D eigenvalue weighted by molar-refractivity contribution is 0.0192. The van der Waals surface area contributed by atoms with Crippen molar-refractivity contribution in [3.8, 4) is 0 Å². The molecule has 0 aromatic heterocycles. The number of rotatable bonds is 4. The van der Waals surface area contributed by atoms with Crippen LogP contribution in [0.1, 0.15) is 61.0 Å². The summed E-state index contributed by atoms with van der Waals surface area (Å²) in [5.41, 5.74) is 9.01. The van der Waals surface area contributed by atoms with Gasteiger partial charge in [-0.25, -0.2) is 0 Å². The predicted molar refractivity (Wildman–Crippen MR) is 81.4 cm³/mol. The number of hydrogen-bond acceptors (Lipinski definition) is 2. The number of allylic oxidation sites excluding steroid dienone is 2. The molecule has 0 saturated carbocycles. The minimum Gasteiger partial charge on any atom is -0.374 e. The van der Waals surface area contributed by atoms with Crippen LogP contribution in [-0.4, -0.2) is 13.0 Å². The molecule has 2 N–H and O–H groups in total. The van der Waals surface area contributed by atoms with Crippen LogP contribution in [0.3, 0.4) is 0 Å². The van der Waals surface area contributed by atoms with Crippen molar-refractivity contribution in [3.05, 3.63) is 41.0 Å². The zero-order chi connectivity index (χ0) is 14.8. The van der Waals surface area contributed by atoms with Crippen molar-refractivity contribution < 1.29 is 9.53 Å². The molecule has 1 amide bonds. The van der Waals surface area contributed by atoms with Gasteiger partial charge >= 0.3 is 0 Å². The Kier molecular flexibility index (Phi) is 4.29. The number of carbonyl (C=O) groups excluding carboxylic acids is 1. The highest BCUT2D eigenvalue weighted by atomic mass is 16.5. The number of amides is 1. The van der Waals surface area contributed by atoms with E-state index in [0.717, 1.165) is 24.0 Å². The third-order valence-corrected chi connectivity index (χ3v) is 4.13. The normalized spacial score (nSPS) is 15.8. The van der Waals surface area contributed by atoms with Crippen molar-refractivity contribution in [1.82, 2.24) is 0 Å². The summed E-state index contributed by atoms with van der Waals surface area (Å²) in [5.74, 6) is -0.367. The van der Waals surface area contributed by atoms with E-state index in [9.17, 15) is 4.79 Å². The monoisotopic (exact) mass is 273 g/mol. The van der Waals surface area contributed by atoms with Gasteiger partial charge in [-0.15, -0.1) is 0 Å². The fourth-order valence-corrected chi connectivity index (χ4v) is 2.60. The number of primary amides is 1. The standard InChI is InChI=1S/C17H23NO2/c1-17(2,20-3)13-9-10-14(16(18)19)15(11-13)12-7-5-4-6-8-12/h7,9-11H,4-6,8H2,1-3H3,(H2,18,19). The summed E-state index contributed by atoms with van der Waals surface area (Å²) in [5, 5.41) is 0. The summed E-state index contributed by atoms with van der Waals surface area (Å²) in [7, 11) is 1.70. The van der Waals surface area contributed by atoms with Gasteiger partial charge in [0.1, 0.15) is 0 Å². The first kappa shape index (κ1) is 14.8. The van der Waals surface area contributed by atoms with Gasteiger partial charge < -0.3 is 10.5 Å². The highest BCUT2D eigenvalue weighted by molar-refractivity contribution is 5.98. The van der Waals surface area contributed by atoms with Crippen LogP contribution in [0, 0.1) is 0 Å². The molecule has 0 spiro atoms. The van der Waals surface area contributed by atoms with Gasteiger partial charge in [-0.2, -0.15) is 0 Å². The molecule has 0 bridgehead atoms. The summed E-state index contributed by atoms with van der Waals surface area (Å²) in [6, 6.07) is 5.81. The van der Waals surface area contributed by atoms with Gasteiger partial charge in [0.05, 0.1) is 5.60 Å². The Labute approximate surface area is 120 Å². The first-order valence-corrected chi connectivity index (χ1v) is 7.14. The SMILES string of the molecule is COC(C)(C)c1ccc(C(N)=O)c(C2=CCCCC2)c1. The Bertz CT molecular complexity index is 544. The van der Waals surface area contributed by atoms with Crippen molar-refractivity contribution in [2.45, 2.75) is 45.1 Å². The second kappa shape index (κ2) is 5.80. The van der Waals surface area contributed by atoms with Gasteiger partial charge in [0.2, 0.25) is 5.91 Å². The molecule has 0 aliphatic heterocycles. The maximum absolute atomic E-state index is 11.7. The molecular formula is C17H23NO2. The van der Waals surface area contributed by atoms with Crippen LogP contribution in [0.4, 0.5) is 0 Å². The topological polar surface area (TPSA) is 52.3 Å². The van der Waals surface area contributed by atoms with Gasteiger partial charge in [0, 0.05) is 12.7 Å². The minimum absolute atomic E-state index is 0.367. The van der Waals surface area contributed by atoms with Crippen LogP contribution in [0.15, 0.2) is 24.3 Å². The van der Waals surface area contributed by atoms with Crippen LogP contribution < -0.4 is 5.73 Å². The number of methoxy groups -OCH3 is 1. The van der Waals surface area contributed by atoms with E-state index in [1.807, 2.05) is 26.0 Å². The molecule has 0 radical (unpaired) electrons. The summed E-state index contributed by atoms with van der Waals surface area (Å²) in [6.07, 6.45) is 6.71. The van der Waals surface area contributed by atoms with E-state index in [1.165, 1.54) is 18.4 Å². The van der Waals surface area contributed by atoms with Crippen molar-refractivity contribution >= 4 is 11.5 Å². The first-order valence-electron chi connectivity index (χ1n) is 7.14. The van der Waals surface area contributed by atoms with Crippen molar-refractivity contribution in [3.63, 3.8) is 0 Å². The number of benzene rings is 1. The average Bonchev–Trinajstić information content (AvgIpc) is 2.47. The van der Waals surface area contributed by atoms with Crippen LogP contribution in [0.25, 0.3) is 5.57 Å². The predicted octanol–water partition coefficient (Wildman–Crippen LogP) is 3.62. The van der Waals surface area contributed by atoms with E-state index in [0.29, 0.717) is 5.56 Å². The fourth-order valence-electron chi connectivity index (χ4n) is 2.60. The molecule has 108 valence electrons. The maximum Gasteiger partial charge on any atom is 0.249 e. The quantitative estimate of drug-likeness (QED) is 0.910. The zero-order valence-corrected chi connectivity index (χ0v) is 12.5. The van der Waals surface area contributed by atoms with Crippen LogP contribution >= 0.6 is 0 Å². The van der Waals surface area contributed by atoms with Crippen molar-refractivity contribution in [1.29, 1.82) is 0 Å². The van der Waals surface area contributed by atoms with Crippen molar-refractivity contribution in [2.24, 2.45) is 5.73 Å². The van der Waals surface area contributed by atoms with E-state index in [-0.39, 0.29) is 11.5 Å². The van der Waals surface area contributed by atoms with Gasteiger partial charge in [-0.05, 0) is 68.4 Å². The zero-order valence-electron chi connectivity index (χ0n) is 12.5. The third-order valence-electron chi connectivity index (χ3n) is 4.13. The second-order valence-corrected chi connectivity index (χ2v) is 5.81. The van der Waals surface area contributed by atoms with E-state index in [4.69, 9.17) is 10.5 Å². The highest BCUT2D eigenvalue weighted by Gasteiger charge is 2.22. The molecule has 3 nitrogen and oxygen atoms in total. The van der Waals surface area contributed by atoms with Crippen LogP contribution in [0.5, 0.6) is 0 Å². The molecule has 1 aliphatic rings. The summed E-state index contributed by atoms with van der Waals surface area (Å²) in [6.45, 7) is 4.04. The lowest BCUT2D eigenvalue weighted by Gasteiger charge is -2.25. The fraction of sp³-hybridized carbons (Fsp3) is 0.471. The molecule has 0 unspecified atom stereocenters. The number of nitrogens with two attached hydrogens (primary N) is 1. The number of carbonyl (C=O) groups is 1. The molecule has 2 rings (SSSR count). The number of ether oxygens (including phenoxy) is 1. The summed E-state index contributed by atoms with van der Waals surface area (Å²) >= 11 is 0. The van der Waals surface area contributed by atoms with Gasteiger partial charge in [-0.1, -0.05) is 12.1 Å². The molecule has 0 fully saturated rings. The maximum atomic E-state index is 11.7. The van der Waals surface area contributed by atoms with Crippen molar-refractivity contribution in [2.75, 3.05) is 7.11 Å². The Morgan fingerprint density at radius 1 is 1.30 bits per heavy atom. The average molecular weight is 273 g/mol. The third kappa shape index (κ3) is 2.93. The van der Waals surface area contributed by atoms with Crippen LogP contribution in [0.2, 0.25) is 0 Å². The van der Waals surface area contributed by atoms with E-state index in [2.05, 4.69) is 12.1 Å². The van der Waals surface area contributed by atoms with E-state index < -0.39 is 0 Å². The molecule has 3 heteroatoms. The lowest BCUT2D eigenvalue weighted by Crippen LogP contribution is -2.21. The largest absolute Gasteiger partial charge is 0.374 e. The molecule has 0 heterocycles. The summed E-state index contributed by atoms with van der Waals surface area (Å²) < 4.78 is 5.53. The number of hydrogen-bond donors (Lipinski definition) is 1. The minimum atomic E-state index is -0.375. The molecule has 1 aliphatic carbocycles. The second-order valence-electron chi connectivity index (χ2n) is 5.81. The Morgan fingerprint density at radius 3 is 2.60 bits per heavy atom. The first-order chi connectivity index (χ1) is 9.45. The summed E-state index contributed by atoms with van der Waals surface area (Å²) in [4.78, 5) is 11.7. The molecule has 0 saturated heterocycles. The smallest absolute Gasteiger partial charge is 0.249 e. The molecule has 20 heavy (non-hydrogen) atoms. The van der Waals surface area contributed by atoms with Gasteiger partial charge in [-0.3, -0.25) is 4.79 Å². The van der Waals surface area contributed by atoms with E-state index >= 15 is 0 Å². The molecule has 1 aromatic rings. The van der Waals surface area contributed by atoms with Gasteiger partial charge in [0.15, 0.2) is 0 Å². The molecule has 1 aromatic carbocycles. The highest BCUT2D eigenvalue weighted by Crippen LogP contribution is 2.33. The Hall–Kier alpha value is -1.61. The van der Waals surface area contributed by atoms with Crippen LogP contribution in [-0.2, 0) is 10.3 Å².